The van der Waals surface area contributed by atoms with Crippen molar-refractivity contribution in [2.45, 2.75) is 6.42 Å². The summed E-state index contributed by atoms with van der Waals surface area (Å²) in [6, 6.07) is 3.45. The van der Waals surface area contributed by atoms with Gasteiger partial charge in [0, 0.05) is 23.5 Å². The van der Waals surface area contributed by atoms with E-state index in [1.54, 1.807) is 24.5 Å². The molecule has 0 saturated carbocycles. The Morgan fingerprint density at radius 1 is 1.29 bits per heavy atom. The first-order valence-corrected chi connectivity index (χ1v) is 8.40. The zero-order chi connectivity index (χ0) is 20.3. The lowest BCUT2D eigenvalue weighted by atomic mass is 10.0. The molecule has 0 unspecified atom stereocenters. The maximum absolute atomic E-state index is 12.3. The average Bonchev–Trinajstić information content (AvgIpc) is 3.22. The van der Waals surface area contributed by atoms with E-state index in [1.165, 1.54) is 20.3 Å². The largest absolute Gasteiger partial charge is 0.469 e. The van der Waals surface area contributed by atoms with E-state index in [4.69, 9.17) is 16.3 Å². The average molecular weight is 403 g/mol. The van der Waals surface area contributed by atoms with Crippen molar-refractivity contribution in [2.24, 2.45) is 5.10 Å². The smallest absolute Gasteiger partial charge is 0.340 e. The lowest BCUT2D eigenvalue weighted by Gasteiger charge is -2.05. The zero-order valence-corrected chi connectivity index (χ0v) is 15.7. The molecule has 0 bridgehead atoms. The molecule has 0 atom stereocenters. The van der Waals surface area contributed by atoms with Gasteiger partial charge in [-0.3, -0.25) is 14.6 Å². The number of methoxy groups -OCH3 is 2. The highest BCUT2D eigenvalue weighted by molar-refractivity contribution is 6.34. The highest BCUT2D eigenvalue weighted by Gasteiger charge is 2.28. The molecule has 9 nitrogen and oxygen atoms in total. The summed E-state index contributed by atoms with van der Waals surface area (Å²) < 4.78 is 9.45. The summed E-state index contributed by atoms with van der Waals surface area (Å²) in [4.78, 5) is 43.1. The van der Waals surface area contributed by atoms with Crippen LogP contribution in [0.25, 0.3) is 6.08 Å². The molecule has 3 heterocycles. The quantitative estimate of drug-likeness (QED) is 0.577. The molecule has 1 aliphatic rings. The van der Waals surface area contributed by atoms with Crippen LogP contribution in [0.1, 0.15) is 27.2 Å². The van der Waals surface area contributed by atoms with Gasteiger partial charge in [-0.05, 0) is 18.2 Å². The lowest BCUT2D eigenvalue weighted by molar-refractivity contribution is -0.139. The van der Waals surface area contributed by atoms with Gasteiger partial charge in [-0.25, -0.2) is 10.2 Å². The molecule has 0 saturated heterocycles. The summed E-state index contributed by atoms with van der Waals surface area (Å²) in [6.45, 7) is 0. The molecule has 0 aliphatic carbocycles. The third kappa shape index (κ3) is 3.65. The Morgan fingerprint density at radius 2 is 2.07 bits per heavy atom. The van der Waals surface area contributed by atoms with Gasteiger partial charge < -0.3 is 14.5 Å². The Hall–Kier alpha value is -3.46. The van der Waals surface area contributed by atoms with Crippen LogP contribution in [0.2, 0.25) is 5.15 Å². The fourth-order valence-electron chi connectivity index (χ4n) is 2.69. The van der Waals surface area contributed by atoms with Crippen LogP contribution in [-0.2, 0) is 25.5 Å². The van der Waals surface area contributed by atoms with Crippen molar-refractivity contribution in [1.29, 1.82) is 0 Å². The minimum Gasteiger partial charge on any atom is -0.469 e. The van der Waals surface area contributed by atoms with Crippen molar-refractivity contribution >= 4 is 41.2 Å². The molecule has 2 aromatic heterocycles. The predicted molar refractivity (Wildman–Crippen MR) is 99.8 cm³/mol. The summed E-state index contributed by atoms with van der Waals surface area (Å²) in [5.41, 5.74) is 4.00. The SMILES string of the molecule is COC(=O)Cc1c(Cl)[nH]c(C=C2C(=O)NN=C2c2cccnc2)c1C(=O)OC. The number of carbonyl (C=O) groups excluding carboxylic acids is 3. The summed E-state index contributed by atoms with van der Waals surface area (Å²) in [6.07, 6.45) is 4.33. The first-order chi connectivity index (χ1) is 13.5. The Balaban J connectivity index is 2.11. The number of hydrogen-bond donors (Lipinski definition) is 2. The second-order valence-corrected chi connectivity index (χ2v) is 6.03. The number of amides is 1. The fraction of sp³-hybridized carbons (Fsp3) is 0.167. The topological polar surface area (TPSA) is 123 Å². The number of hydrazone groups is 1. The standard InChI is InChI=1S/C18H15ClN4O5/c1-27-13(24)7-10-14(18(26)28-2)12(21-16(10)19)6-11-15(22-23-17(11)25)9-4-3-5-20-8-9/h3-6,8,21H,7H2,1-2H3,(H,23,25). The normalized spacial score (nSPS) is 14.6. The van der Waals surface area contributed by atoms with Crippen molar-refractivity contribution < 1.29 is 23.9 Å². The molecular formula is C18H15ClN4O5. The van der Waals surface area contributed by atoms with Crippen molar-refractivity contribution in [3.63, 3.8) is 0 Å². The number of halogens is 1. The third-order valence-electron chi connectivity index (χ3n) is 4.01. The fourth-order valence-corrected chi connectivity index (χ4v) is 2.95. The van der Waals surface area contributed by atoms with Crippen LogP contribution in [0, 0.1) is 0 Å². The van der Waals surface area contributed by atoms with E-state index in [-0.39, 0.29) is 34.0 Å². The van der Waals surface area contributed by atoms with Gasteiger partial charge in [-0.1, -0.05) is 11.6 Å². The van der Waals surface area contributed by atoms with Crippen LogP contribution >= 0.6 is 11.6 Å². The van der Waals surface area contributed by atoms with E-state index in [0.717, 1.165) is 0 Å². The Bertz CT molecular complexity index is 1010. The van der Waals surface area contributed by atoms with Crippen LogP contribution in [0.5, 0.6) is 0 Å². The summed E-state index contributed by atoms with van der Waals surface area (Å²) in [5.74, 6) is -1.76. The highest BCUT2D eigenvalue weighted by Crippen LogP contribution is 2.28. The number of pyridine rings is 1. The maximum Gasteiger partial charge on any atom is 0.340 e. The number of esters is 2. The molecule has 0 radical (unpaired) electrons. The lowest BCUT2D eigenvalue weighted by Crippen LogP contribution is -2.14. The van der Waals surface area contributed by atoms with Crippen molar-refractivity contribution in [3.8, 4) is 0 Å². The highest BCUT2D eigenvalue weighted by atomic mass is 35.5. The number of rotatable bonds is 5. The second-order valence-electron chi connectivity index (χ2n) is 5.65. The number of aromatic amines is 1. The maximum atomic E-state index is 12.3. The van der Waals surface area contributed by atoms with Gasteiger partial charge in [-0.2, -0.15) is 5.10 Å². The van der Waals surface area contributed by atoms with Crippen molar-refractivity contribution in [1.82, 2.24) is 15.4 Å². The molecule has 144 valence electrons. The van der Waals surface area contributed by atoms with Crippen molar-refractivity contribution in [3.05, 3.63) is 57.6 Å². The summed E-state index contributed by atoms with van der Waals surface area (Å²) in [7, 11) is 2.43. The molecular weight excluding hydrogens is 388 g/mol. The van der Waals surface area contributed by atoms with E-state index >= 15 is 0 Å². The molecule has 1 aliphatic heterocycles. The molecule has 2 aromatic rings. The van der Waals surface area contributed by atoms with E-state index in [1.807, 2.05) is 0 Å². The molecule has 3 rings (SSSR count). The van der Waals surface area contributed by atoms with E-state index in [2.05, 4.69) is 25.2 Å². The van der Waals surface area contributed by atoms with Crippen LogP contribution in [0.15, 0.2) is 35.2 Å². The Kier molecular flexibility index (Phi) is 5.55. The van der Waals surface area contributed by atoms with Gasteiger partial charge in [0.15, 0.2) is 0 Å². The van der Waals surface area contributed by atoms with Crippen LogP contribution < -0.4 is 5.43 Å². The number of ether oxygens (including phenoxy) is 2. The number of carbonyl (C=O) groups is 3. The first kappa shape index (κ1) is 19.3. The molecule has 10 heteroatoms. The molecule has 1 amide bonds. The third-order valence-corrected chi connectivity index (χ3v) is 4.33. The van der Waals surface area contributed by atoms with E-state index in [0.29, 0.717) is 11.3 Å². The summed E-state index contributed by atoms with van der Waals surface area (Å²) in [5, 5.41) is 4.09. The van der Waals surface area contributed by atoms with Gasteiger partial charge in [0.2, 0.25) is 0 Å². The van der Waals surface area contributed by atoms with Gasteiger partial charge >= 0.3 is 11.9 Å². The number of nitrogens with one attached hydrogen (secondary N) is 2. The molecule has 0 spiro atoms. The van der Waals surface area contributed by atoms with E-state index in [9.17, 15) is 14.4 Å². The van der Waals surface area contributed by atoms with E-state index < -0.39 is 17.8 Å². The Labute approximate surface area is 164 Å². The molecule has 28 heavy (non-hydrogen) atoms. The first-order valence-electron chi connectivity index (χ1n) is 8.02. The monoisotopic (exact) mass is 402 g/mol. The summed E-state index contributed by atoms with van der Waals surface area (Å²) >= 11 is 6.19. The predicted octanol–water partition coefficient (Wildman–Crippen LogP) is 1.48. The van der Waals surface area contributed by atoms with Gasteiger partial charge in [-0.15, -0.1) is 0 Å². The van der Waals surface area contributed by atoms with Crippen LogP contribution in [0.3, 0.4) is 0 Å². The number of H-pyrrole nitrogens is 1. The van der Waals surface area contributed by atoms with Gasteiger partial charge in [0.05, 0.1) is 37.5 Å². The molecule has 0 aromatic carbocycles. The zero-order valence-electron chi connectivity index (χ0n) is 14.9. The van der Waals surface area contributed by atoms with Crippen molar-refractivity contribution in [2.75, 3.05) is 14.2 Å². The number of hydrogen-bond acceptors (Lipinski definition) is 7. The minimum absolute atomic E-state index is 0.0376. The molecule has 2 N–H and O–H groups in total. The van der Waals surface area contributed by atoms with Crippen LogP contribution in [0.4, 0.5) is 0 Å². The second kappa shape index (κ2) is 8.05. The number of aromatic nitrogens is 2. The Morgan fingerprint density at radius 3 is 2.71 bits per heavy atom. The minimum atomic E-state index is -0.716. The van der Waals surface area contributed by atoms with Gasteiger partial charge in [0.25, 0.3) is 5.91 Å². The van der Waals surface area contributed by atoms with Gasteiger partial charge in [0.1, 0.15) is 10.9 Å². The number of nitrogens with zero attached hydrogens (tertiary/aromatic N) is 2. The molecule has 0 fully saturated rings. The van der Waals surface area contributed by atoms with Crippen LogP contribution in [-0.4, -0.2) is 47.7 Å².